The number of rotatable bonds is 2. The number of nitrogens with one attached hydrogen (secondary N) is 1. The van der Waals surface area contributed by atoms with Gasteiger partial charge in [0.2, 0.25) is 5.91 Å². The summed E-state index contributed by atoms with van der Waals surface area (Å²) in [5.41, 5.74) is 1.91. The topological polar surface area (TPSA) is 29.1 Å². The summed E-state index contributed by atoms with van der Waals surface area (Å²) in [4.78, 5) is 11.3. The lowest BCUT2D eigenvalue weighted by atomic mass is 10.2. The van der Waals surface area contributed by atoms with Gasteiger partial charge in [-0.15, -0.1) is 0 Å². The molecule has 0 heterocycles. The second-order valence-electron chi connectivity index (χ2n) is 2.97. The van der Waals surface area contributed by atoms with Gasteiger partial charge in [-0.05, 0) is 53.5 Å². The first-order valence-corrected chi connectivity index (χ1v) is 5.12. The number of anilines is 1. The van der Waals surface area contributed by atoms with E-state index in [9.17, 15) is 4.79 Å². The summed E-state index contributed by atoms with van der Waals surface area (Å²) in [5, 5.41) is 2.78. The van der Waals surface area contributed by atoms with Crippen molar-refractivity contribution in [3.8, 4) is 0 Å². The molecule has 1 rings (SSSR count). The summed E-state index contributed by atoms with van der Waals surface area (Å²) in [5.74, 6) is -0.112. The summed E-state index contributed by atoms with van der Waals surface area (Å²) < 4.78 is 0.890. The first kappa shape index (κ1) is 11.0. The van der Waals surface area contributed by atoms with Crippen LogP contribution >= 0.6 is 15.9 Å². The molecule has 0 saturated heterocycles. The molecule has 0 unspecified atom stereocenters. The van der Waals surface area contributed by atoms with Gasteiger partial charge in [0.05, 0.1) is 5.69 Å². The molecule has 0 radical (unpaired) electrons. The molecule has 2 nitrogen and oxygen atoms in total. The van der Waals surface area contributed by atoms with Crippen LogP contribution in [0, 0.1) is 6.92 Å². The third-order valence-electron chi connectivity index (χ3n) is 1.70. The molecule has 0 aliphatic heterocycles. The molecule has 0 bridgehead atoms. The first-order chi connectivity index (χ1) is 6.63. The molecular weight excluding hydrogens is 242 g/mol. The Labute approximate surface area is 92.1 Å². The number of halogens is 1. The predicted molar refractivity (Wildman–Crippen MR) is 62.3 cm³/mol. The van der Waals surface area contributed by atoms with Gasteiger partial charge in [-0.1, -0.05) is 12.1 Å². The van der Waals surface area contributed by atoms with E-state index in [2.05, 4.69) is 21.2 Å². The van der Waals surface area contributed by atoms with E-state index in [1.807, 2.05) is 32.0 Å². The molecule has 0 fully saturated rings. The standard InChI is InChI=1S/C11H12BrNO/c1-3-4-11(14)13-10-7-8(2)5-6-9(10)12/h3-7H,1-2H3,(H,13,14)/b4-3+. The number of allylic oxidation sites excluding steroid dienone is 1. The smallest absolute Gasteiger partial charge is 0.248 e. The Morgan fingerprint density at radius 1 is 1.50 bits per heavy atom. The van der Waals surface area contributed by atoms with Gasteiger partial charge in [0.25, 0.3) is 0 Å². The van der Waals surface area contributed by atoms with Gasteiger partial charge in [0, 0.05) is 4.47 Å². The van der Waals surface area contributed by atoms with Gasteiger partial charge in [-0.25, -0.2) is 0 Å². The van der Waals surface area contributed by atoms with E-state index in [0.29, 0.717) is 0 Å². The van der Waals surface area contributed by atoms with Crippen molar-refractivity contribution in [2.75, 3.05) is 5.32 Å². The number of hydrogen-bond donors (Lipinski definition) is 1. The normalized spacial score (nSPS) is 10.5. The van der Waals surface area contributed by atoms with Crippen molar-refractivity contribution in [2.45, 2.75) is 13.8 Å². The van der Waals surface area contributed by atoms with Crippen LogP contribution in [0.2, 0.25) is 0 Å². The quantitative estimate of drug-likeness (QED) is 0.806. The summed E-state index contributed by atoms with van der Waals surface area (Å²) in [7, 11) is 0. The third-order valence-corrected chi connectivity index (χ3v) is 2.39. The maximum absolute atomic E-state index is 11.3. The van der Waals surface area contributed by atoms with Gasteiger partial charge in [0.15, 0.2) is 0 Å². The van der Waals surface area contributed by atoms with Crippen LogP contribution in [0.4, 0.5) is 5.69 Å². The summed E-state index contributed by atoms with van der Waals surface area (Å²) >= 11 is 3.37. The van der Waals surface area contributed by atoms with Gasteiger partial charge < -0.3 is 5.32 Å². The molecule has 74 valence electrons. The number of aryl methyl sites for hydroxylation is 1. The average Bonchev–Trinajstić information content (AvgIpc) is 2.12. The van der Waals surface area contributed by atoms with E-state index in [1.165, 1.54) is 6.08 Å². The van der Waals surface area contributed by atoms with Gasteiger partial charge in [0.1, 0.15) is 0 Å². The van der Waals surface area contributed by atoms with E-state index in [-0.39, 0.29) is 5.91 Å². The highest BCUT2D eigenvalue weighted by Gasteiger charge is 2.01. The molecule has 1 aromatic carbocycles. The zero-order valence-electron chi connectivity index (χ0n) is 8.17. The van der Waals surface area contributed by atoms with Crippen LogP contribution in [0.1, 0.15) is 12.5 Å². The van der Waals surface area contributed by atoms with Crippen LogP contribution in [-0.4, -0.2) is 5.91 Å². The predicted octanol–water partition coefficient (Wildman–Crippen LogP) is 3.27. The minimum Gasteiger partial charge on any atom is -0.321 e. The van der Waals surface area contributed by atoms with Crippen molar-refractivity contribution in [1.29, 1.82) is 0 Å². The van der Waals surface area contributed by atoms with Crippen molar-refractivity contribution in [3.63, 3.8) is 0 Å². The molecule has 0 spiro atoms. The van der Waals surface area contributed by atoms with Crippen LogP contribution < -0.4 is 5.32 Å². The van der Waals surface area contributed by atoms with Crippen LogP contribution in [0.15, 0.2) is 34.8 Å². The molecule has 3 heteroatoms. The fraction of sp³-hybridized carbons (Fsp3) is 0.182. The van der Waals surface area contributed by atoms with E-state index >= 15 is 0 Å². The maximum atomic E-state index is 11.3. The SMILES string of the molecule is C/C=C/C(=O)Nc1cc(C)ccc1Br. The second kappa shape index (κ2) is 4.96. The molecule has 0 aliphatic rings. The summed E-state index contributed by atoms with van der Waals surface area (Å²) in [6, 6.07) is 5.82. The van der Waals surface area contributed by atoms with E-state index in [1.54, 1.807) is 6.08 Å². The monoisotopic (exact) mass is 253 g/mol. The molecule has 14 heavy (non-hydrogen) atoms. The summed E-state index contributed by atoms with van der Waals surface area (Å²) in [6.07, 6.45) is 3.20. The number of carbonyl (C=O) groups excluding carboxylic acids is 1. The molecule has 1 amide bonds. The van der Waals surface area contributed by atoms with Crippen molar-refractivity contribution in [3.05, 3.63) is 40.4 Å². The highest BCUT2D eigenvalue weighted by molar-refractivity contribution is 9.10. The maximum Gasteiger partial charge on any atom is 0.248 e. The molecule has 0 atom stereocenters. The minimum atomic E-state index is -0.112. The van der Waals surface area contributed by atoms with Crippen molar-refractivity contribution in [2.24, 2.45) is 0 Å². The van der Waals surface area contributed by atoms with E-state index in [0.717, 1.165) is 15.7 Å². The van der Waals surface area contributed by atoms with E-state index in [4.69, 9.17) is 0 Å². The summed E-state index contributed by atoms with van der Waals surface area (Å²) in [6.45, 7) is 3.79. The fourth-order valence-electron chi connectivity index (χ4n) is 1.06. The zero-order chi connectivity index (χ0) is 10.6. The Morgan fingerprint density at radius 2 is 2.21 bits per heavy atom. The average molecular weight is 254 g/mol. The lowest BCUT2D eigenvalue weighted by molar-refractivity contribution is -0.111. The largest absolute Gasteiger partial charge is 0.321 e. The number of carbonyl (C=O) groups is 1. The molecule has 0 saturated carbocycles. The van der Waals surface area contributed by atoms with Crippen molar-refractivity contribution >= 4 is 27.5 Å². The second-order valence-corrected chi connectivity index (χ2v) is 3.83. The van der Waals surface area contributed by atoms with Gasteiger partial charge in [-0.2, -0.15) is 0 Å². The Balaban J connectivity index is 2.85. The minimum absolute atomic E-state index is 0.112. The van der Waals surface area contributed by atoms with Crippen LogP contribution in [0.25, 0.3) is 0 Å². The number of hydrogen-bond acceptors (Lipinski definition) is 1. The highest BCUT2D eigenvalue weighted by atomic mass is 79.9. The van der Waals surface area contributed by atoms with Gasteiger partial charge >= 0.3 is 0 Å². The Kier molecular flexibility index (Phi) is 3.89. The first-order valence-electron chi connectivity index (χ1n) is 4.33. The van der Waals surface area contributed by atoms with Crippen molar-refractivity contribution in [1.82, 2.24) is 0 Å². The number of amides is 1. The Hall–Kier alpha value is -1.09. The van der Waals surface area contributed by atoms with Crippen molar-refractivity contribution < 1.29 is 4.79 Å². The van der Waals surface area contributed by atoms with Crippen LogP contribution in [0.3, 0.4) is 0 Å². The molecule has 0 aromatic heterocycles. The van der Waals surface area contributed by atoms with Crippen LogP contribution in [-0.2, 0) is 4.79 Å². The Morgan fingerprint density at radius 3 is 2.86 bits per heavy atom. The number of benzene rings is 1. The lowest BCUT2D eigenvalue weighted by Gasteiger charge is -2.05. The molecular formula is C11H12BrNO. The van der Waals surface area contributed by atoms with Crippen LogP contribution in [0.5, 0.6) is 0 Å². The lowest BCUT2D eigenvalue weighted by Crippen LogP contribution is -2.08. The molecule has 1 aromatic rings. The fourth-order valence-corrected chi connectivity index (χ4v) is 1.41. The zero-order valence-corrected chi connectivity index (χ0v) is 9.76. The van der Waals surface area contributed by atoms with E-state index < -0.39 is 0 Å². The third kappa shape index (κ3) is 3.00. The highest BCUT2D eigenvalue weighted by Crippen LogP contribution is 2.23. The molecule has 1 N–H and O–H groups in total. The Bertz CT molecular complexity index is 372. The molecule has 0 aliphatic carbocycles. The van der Waals surface area contributed by atoms with Gasteiger partial charge in [-0.3, -0.25) is 4.79 Å².